The van der Waals surface area contributed by atoms with Crippen LogP contribution in [-0.2, 0) is 11.3 Å². The van der Waals surface area contributed by atoms with E-state index in [9.17, 15) is 9.59 Å². The van der Waals surface area contributed by atoms with Crippen molar-refractivity contribution in [3.8, 4) is 0 Å². The first-order chi connectivity index (χ1) is 7.63. The maximum absolute atomic E-state index is 11.3. The molecular formula is C10H14N2O3S. The van der Waals surface area contributed by atoms with E-state index in [2.05, 4.69) is 10.6 Å². The first kappa shape index (κ1) is 12.5. The van der Waals surface area contributed by atoms with Crippen molar-refractivity contribution in [2.75, 3.05) is 0 Å². The molecule has 1 aromatic rings. The SMILES string of the molecule is CC[C@@H](NC(=O)NCc1ccsc1)C(=O)O. The van der Waals surface area contributed by atoms with Crippen LogP contribution in [0.5, 0.6) is 0 Å². The summed E-state index contributed by atoms with van der Waals surface area (Å²) in [7, 11) is 0. The second-order valence-electron chi connectivity index (χ2n) is 3.26. The number of carboxylic acids is 1. The fourth-order valence-electron chi connectivity index (χ4n) is 1.12. The second-order valence-corrected chi connectivity index (χ2v) is 4.04. The van der Waals surface area contributed by atoms with Crippen molar-refractivity contribution < 1.29 is 14.7 Å². The van der Waals surface area contributed by atoms with E-state index < -0.39 is 18.0 Å². The molecule has 1 aromatic heterocycles. The molecular weight excluding hydrogens is 228 g/mol. The van der Waals surface area contributed by atoms with E-state index in [1.165, 1.54) is 0 Å². The molecule has 6 heteroatoms. The van der Waals surface area contributed by atoms with Crippen molar-refractivity contribution in [3.63, 3.8) is 0 Å². The number of nitrogens with one attached hydrogen (secondary N) is 2. The van der Waals surface area contributed by atoms with E-state index in [4.69, 9.17) is 5.11 Å². The molecule has 0 spiro atoms. The summed E-state index contributed by atoms with van der Waals surface area (Å²) in [5.41, 5.74) is 1.00. The highest BCUT2D eigenvalue weighted by Gasteiger charge is 2.16. The summed E-state index contributed by atoms with van der Waals surface area (Å²) in [6, 6.07) is 0.613. The Morgan fingerprint density at radius 3 is 2.81 bits per heavy atom. The van der Waals surface area contributed by atoms with E-state index >= 15 is 0 Å². The molecule has 0 unspecified atom stereocenters. The lowest BCUT2D eigenvalue weighted by atomic mass is 10.2. The second kappa shape index (κ2) is 6.12. The Labute approximate surface area is 97.5 Å². The largest absolute Gasteiger partial charge is 0.480 e. The van der Waals surface area contributed by atoms with Gasteiger partial charge in [0, 0.05) is 6.54 Å². The molecule has 5 nitrogen and oxygen atoms in total. The lowest BCUT2D eigenvalue weighted by Crippen LogP contribution is -2.45. The number of carbonyl (C=O) groups excluding carboxylic acids is 1. The zero-order valence-corrected chi connectivity index (χ0v) is 9.71. The van der Waals surface area contributed by atoms with Crippen molar-refractivity contribution in [3.05, 3.63) is 22.4 Å². The predicted octanol–water partition coefficient (Wildman–Crippen LogP) is 1.41. The monoisotopic (exact) mass is 242 g/mol. The van der Waals surface area contributed by atoms with Crippen LogP contribution in [0, 0.1) is 0 Å². The molecule has 0 bridgehead atoms. The van der Waals surface area contributed by atoms with E-state index in [0.717, 1.165) is 5.56 Å². The predicted molar refractivity (Wildman–Crippen MR) is 61.4 cm³/mol. The van der Waals surface area contributed by atoms with Gasteiger partial charge in [-0.05, 0) is 28.8 Å². The molecule has 0 aromatic carbocycles. The van der Waals surface area contributed by atoms with Gasteiger partial charge >= 0.3 is 12.0 Å². The highest BCUT2D eigenvalue weighted by molar-refractivity contribution is 7.07. The van der Waals surface area contributed by atoms with Gasteiger partial charge in [-0.2, -0.15) is 11.3 Å². The lowest BCUT2D eigenvalue weighted by molar-refractivity contribution is -0.139. The fourth-order valence-corrected chi connectivity index (χ4v) is 1.79. The van der Waals surface area contributed by atoms with E-state index in [0.29, 0.717) is 13.0 Å². The molecule has 0 aliphatic rings. The van der Waals surface area contributed by atoms with Gasteiger partial charge in [0.15, 0.2) is 0 Å². The van der Waals surface area contributed by atoms with Crippen LogP contribution in [-0.4, -0.2) is 23.1 Å². The molecule has 0 aliphatic carbocycles. The molecule has 88 valence electrons. The van der Waals surface area contributed by atoms with Gasteiger partial charge in [0.05, 0.1) is 0 Å². The number of hydrogen-bond donors (Lipinski definition) is 3. The van der Waals surface area contributed by atoms with Crippen LogP contribution in [0.3, 0.4) is 0 Å². The van der Waals surface area contributed by atoms with Crippen molar-refractivity contribution in [1.82, 2.24) is 10.6 Å². The molecule has 0 saturated carbocycles. The third kappa shape index (κ3) is 3.90. The van der Waals surface area contributed by atoms with Crippen LogP contribution in [0.4, 0.5) is 4.79 Å². The zero-order chi connectivity index (χ0) is 12.0. The zero-order valence-electron chi connectivity index (χ0n) is 8.90. The highest BCUT2D eigenvalue weighted by Crippen LogP contribution is 2.04. The van der Waals surface area contributed by atoms with Crippen LogP contribution in [0.25, 0.3) is 0 Å². The molecule has 0 fully saturated rings. The molecule has 1 rings (SSSR count). The Balaban J connectivity index is 2.33. The minimum absolute atomic E-state index is 0.362. The Morgan fingerprint density at radius 2 is 2.31 bits per heavy atom. The number of rotatable bonds is 5. The average molecular weight is 242 g/mol. The summed E-state index contributed by atoms with van der Waals surface area (Å²) in [6.07, 6.45) is 0.362. The lowest BCUT2D eigenvalue weighted by Gasteiger charge is -2.12. The molecule has 1 heterocycles. The van der Waals surface area contributed by atoms with Gasteiger partial charge in [-0.15, -0.1) is 0 Å². The van der Waals surface area contributed by atoms with Gasteiger partial charge in [-0.1, -0.05) is 6.92 Å². The molecule has 3 N–H and O–H groups in total. The first-order valence-corrected chi connectivity index (χ1v) is 5.86. The fraction of sp³-hybridized carbons (Fsp3) is 0.400. The van der Waals surface area contributed by atoms with Crippen molar-refractivity contribution >= 4 is 23.3 Å². The third-order valence-electron chi connectivity index (χ3n) is 2.04. The van der Waals surface area contributed by atoms with E-state index in [-0.39, 0.29) is 0 Å². The Hall–Kier alpha value is -1.56. The summed E-state index contributed by atoms with van der Waals surface area (Å²) in [6.45, 7) is 2.11. The number of carboxylic acid groups (broad SMARTS) is 1. The van der Waals surface area contributed by atoms with Gasteiger partial charge < -0.3 is 15.7 Å². The summed E-state index contributed by atoms with van der Waals surface area (Å²) in [5, 5.41) is 17.6. The normalized spacial score (nSPS) is 11.8. The van der Waals surface area contributed by atoms with Crippen molar-refractivity contribution in [2.24, 2.45) is 0 Å². The summed E-state index contributed by atoms with van der Waals surface area (Å²) >= 11 is 1.55. The molecule has 1 atom stereocenters. The number of urea groups is 1. The molecule has 0 saturated heterocycles. The van der Waals surface area contributed by atoms with Gasteiger partial charge in [0.2, 0.25) is 0 Å². The van der Waals surface area contributed by atoms with Crippen molar-refractivity contribution in [2.45, 2.75) is 25.9 Å². The van der Waals surface area contributed by atoms with Gasteiger partial charge in [0.25, 0.3) is 0 Å². The Kier molecular flexibility index (Phi) is 4.78. The summed E-state index contributed by atoms with van der Waals surface area (Å²) < 4.78 is 0. The van der Waals surface area contributed by atoms with Crippen LogP contribution in [0.15, 0.2) is 16.8 Å². The minimum atomic E-state index is -1.02. The smallest absolute Gasteiger partial charge is 0.326 e. The molecule has 2 amide bonds. The van der Waals surface area contributed by atoms with Gasteiger partial charge in [-0.25, -0.2) is 9.59 Å². The van der Waals surface area contributed by atoms with Gasteiger partial charge in [0.1, 0.15) is 6.04 Å². The number of aliphatic carboxylic acids is 1. The van der Waals surface area contributed by atoms with Crippen molar-refractivity contribution in [1.29, 1.82) is 0 Å². The Morgan fingerprint density at radius 1 is 1.56 bits per heavy atom. The number of hydrogen-bond acceptors (Lipinski definition) is 3. The average Bonchev–Trinajstić information content (AvgIpc) is 2.75. The van der Waals surface area contributed by atoms with Crippen LogP contribution in [0.2, 0.25) is 0 Å². The Bertz CT molecular complexity index is 351. The highest BCUT2D eigenvalue weighted by atomic mass is 32.1. The molecule has 16 heavy (non-hydrogen) atoms. The number of amides is 2. The van der Waals surface area contributed by atoms with E-state index in [1.54, 1.807) is 18.3 Å². The minimum Gasteiger partial charge on any atom is -0.480 e. The summed E-state index contributed by atoms with van der Waals surface area (Å²) in [5.74, 6) is -1.02. The first-order valence-electron chi connectivity index (χ1n) is 4.91. The van der Waals surface area contributed by atoms with Crippen LogP contribution >= 0.6 is 11.3 Å². The molecule has 0 aliphatic heterocycles. The maximum Gasteiger partial charge on any atom is 0.326 e. The van der Waals surface area contributed by atoms with E-state index in [1.807, 2.05) is 16.8 Å². The third-order valence-corrected chi connectivity index (χ3v) is 2.78. The standard InChI is InChI=1S/C10H14N2O3S/c1-2-8(9(13)14)12-10(15)11-5-7-3-4-16-6-7/h3-4,6,8H,2,5H2,1H3,(H,13,14)(H2,11,12,15)/t8-/m1/s1. The van der Waals surface area contributed by atoms with Crippen LogP contribution < -0.4 is 10.6 Å². The number of thiophene rings is 1. The van der Waals surface area contributed by atoms with Gasteiger partial charge in [-0.3, -0.25) is 0 Å². The maximum atomic E-state index is 11.3. The topological polar surface area (TPSA) is 78.4 Å². The number of carbonyl (C=O) groups is 2. The van der Waals surface area contributed by atoms with Crippen LogP contribution in [0.1, 0.15) is 18.9 Å². The summed E-state index contributed by atoms with van der Waals surface area (Å²) in [4.78, 5) is 22.0. The molecule has 0 radical (unpaired) electrons. The quantitative estimate of drug-likeness (QED) is 0.730.